The summed E-state index contributed by atoms with van der Waals surface area (Å²) in [5.74, 6) is 1.48. The molecule has 122 valence electrons. The molecule has 2 aliphatic rings. The molecule has 1 heterocycles. The Morgan fingerprint density at radius 2 is 1.82 bits per heavy atom. The molecule has 1 aliphatic heterocycles. The lowest BCUT2D eigenvalue weighted by Crippen LogP contribution is -2.51. The standard InChI is InChI=1S/C16H22N2O3.ClH/c17-16(6-1-2-7-16)15(19)18-11-12-4-5-13-14(10-12)21-9-3-8-20-13;/h4-5,10H,1-3,6-9,11,17H2,(H,18,19);1H. The highest BCUT2D eigenvalue weighted by molar-refractivity contribution is 5.86. The average Bonchev–Trinajstić information content (AvgIpc) is 2.81. The van der Waals surface area contributed by atoms with Gasteiger partial charge >= 0.3 is 0 Å². The van der Waals surface area contributed by atoms with E-state index in [1.807, 2.05) is 18.2 Å². The van der Waals surface area contributed by atoms with Crippen LogP contribution in [0.3, 0.4) is 0 Å². The van der Waals surface area contributed by atoms with Crippen molar-refractivity contribution in [2.24, 2.45) is 5.73 Å². The maximum Gasteiger partial charge on any atom is 0.240 e. The number of rotatable bonds is 3. The smallest absolute Gasteiger partial charge is 0.240 e. The van der Waals surface area contributed by atoms with Gasteiger partial charge in [0.1, 0.15) is 0 Å². The minimum Gasteiger partial charge on any atom is -0.490 e. The fourth-order valence-electron chi connectivity index (χ4n) is 2.91. The van der Waals surface area contributed by atoms with Crippen molar-refractivity contribution in [2.75, 3.05) is 13.2 Å². The van der Waals surface area contributed by atoms with E-state index in [9.17, 15) is 4.79 Å². The first-order valence-corrected chi connectivity index (χ1v) is 7.63. The van der Waals surface area contributed by atoms with Crippen LogP contribution in [0.4, 0.5) is 0 Å². The molecule has 3 rings (SSSR count). The molecule has 0 radical (unpaired) electrons. The summed E-state index contributed by atoms with van der Waals surface area (Å²) in [5.41, 5.74) is 6.46. The molecule has 22 heavy (non-hydrogen) atoms. The monoisotopic (exact) mass is 326 g/mol. The lowest BCUT2D eigenvalue weighted by Gasteiger charge is -2.22. The highest BCUT2D eigenvalue weighted by Gasteiger charge is 2.36. The predicted molar refractivity (Wildman–Crippen MR) is 86.5 cm³/mol. The van der Waals surface area contributed by atoms with Crippen molar-refractivity contribution < 1.29 is 14.3 Å². The quantitative estimate of drug-likeness (QED) is 0.892. The van der Waals surface area contributed by atoms with Crippen LogP contribution in [0.25, 0.3) is 0 Å². The summed E-state index contributed by atoms with van der Waals surface area (Å²) in [6.45, 7) is 1.81. The second-order valence-corrected chi connectivity index (χ2v) is 5.88. The highest BCUT2D eigenvalue weighted by atomic mass is 35.5. The number of carbonyl (C=O) groups is 1. The first-order chi connectivity index (χ1) is 10.2. The number of nitrogens with two attached hydrogens (primary N) is 1. The van der Waals surface area contributed by atoms with Crippen LogP contribution in [0.15, 0.2) is 18.2 Å². The van der Waals surface area contributed by atoms with E-state index in [4.69, 9.17) is 15.2 Å². The van der Waals surface area contributed by atoms with Gasteiger partial charge in [0, 0.05) is 13.0 Å². The molecule has 0 atom stereocenters. The van der Waals surface area contributed by atoms with Gasteiger partial charge in [-0.2, -0.15) is 0 Å². The number of ether oxygens (including phenoxy) is 2. The van der Waals surface area contributed by atoms with Crippen molar-refractivity contribution in [1.82, 2.24) is 5.32 Å². The van der Waals surface area contributed by atoms with E-state index in [2.05, 4.69) is 5.32 Å². The molecule has 0 saturated heterocycles. The van der Waals surface area contributed by atoms with Crippen molar-refractivity contribution in [3.05, 3.63) is 23.8 Å². The van der Waals surface area contributed by atoms with Gasteiger partial charge in [-0.25, -0.2) is 0 Å². The summed E-state index contributed by atoms with van der Waals surface area (Å²) in [6.07, 6.45) is 4.51. The van der Waals surface area contributed by atoms with Crippen LogP contribution in [0.5, 0.6) is 11.5 Å². The predicted octanol–water partition coefficient (Wildman–Crippen LogP) is 2.16. The molecule has 0 unspecified atom stereocenters. The molecular formula is C16H23ClN2O3. The number of halogens is 1. The third-order valence-corrected chi connectivity index (χ3v) is 4.21. The zero-order valence-corrected chi connectivity index (χ0v) is 13.4. The summed E-state index contributed by atoms with van der Waals surface area (Å²) in [5, 5.41) is 2.94. The molecule has 3 N–H and O–H groups in total. The minimum atomic E-state index is -0.675. The van der Waals surface area contributed by atoms with Crippen molar-refractivity contribution in [1.29, 1.82) is 0 Å². The van der Waals surface area contributed by atoms with E-state index in [-0.39, 0.29) is 18.3 Å². The number of fused-ring (bicyclic) bond motifs is 1. The topological polar surface area (TPSA) is 73.6 Å². The second-order valence-electron chi connectivity index (χ2n) is 5.88. The van der Waals surface area contributed by atoms with Crippen molar-refractivity contribution in [2.45, 2.75) is 44.2 Å². The zero-order chi connectivity index (χ0) is 14.7. The normalized spacial score (nSPS) is 19.0. The highest BCUT2D eigenvalue weighted by Crippen LogP contribution is 2.31. The number of benzene rings is 1. The van der Waals surface area contributed by atoms with E-state index in [1.54, 1.807) is 0 Å². The van der Waals surface area contributed by atoms with Crippen molar-refractivity contribution in [3.8, 4) is 11.5 Å². The Labute approximate surface area is 137 Å². The number of carbonyl (C=O) groups excluding carboxylic acids is 1. The molecular weight excluding hydrogens is 304 g/mol. The van der Waals surface area contributed by atoms with Crippen LogP contribution < -0.4 is 20.5 Å². The van der Waals surface area contributed by atoms with Crippen LogP contribution in [-0.4, -0.2) is 24.7 Å². The van der Waals surface area contributed by atoms with Gasteiger partial charge in [-0.15, -0.1) is 12.4 Å². The molecule has 0 aromatic heterocycles. The van der Waals surface area contributed by atoms with E-state index < -0.39 is 5.54 Å². The van der Waals surface area contributed by atoms with Crippen LogP contribution in [0.2, 0.25) is 0 Å². The molecule has 1 fully saturated rings. The van der Waals surface area contributed by atoms with E-state index in [0.717, 1.165) is 49.2 Å². The first-order valence-electron chi connectivity index (χ1n) is 7.63. The largest absolute Gasteiger partial charge is 0.490 e. The molecule has 1 aromatic rings. The molecule has 1 aromatic carbocycles. The molecule has 0 spiro atoms. The number of hydrogen-bond acceptors (Lipinski definition) is 4. The van der Waals surface area contributed by atoms with Gasteiger partial charge in [-0.3, -0.25) is 4.79 Å². The van der Waals surface area contributed by atoms with E-state index in [0.29, 0.717) is 19.8 Å². The van der Waals surface area contributed by atoms with Crippen molar-refractivity contribution >= 4 is 18.3 Å². The van der Waals surface area contributed by atoms with E-state index >= 15 is 0 Å². The Morgan fingerprint density at radius 3 is 2.55 bits per heavy atom. The third kappa shape index (κ3) is 3.65. The van der Waals surface area contributed by atoms with Crippen LogP contribution >= 0.6 is 12.4 Å². The molecule has 1 aliphatic carbocycles. The lowest BCUT2D eigenvalue weighted by atomic mass is 9.98. The number of hydrogen-bond donors (Lipinski definition) is 2. The SMILES string of the molecule is Cl.NC1(C(=O)NCc2ccc3c(c2)OCCCO3)CCCC1. The number of amides is 1. The minimum absolute atomic E-state index is 0. The lowest BCUT2D eigenvalue weighted by molar-refractivity contribution is -0.126. The van der Waals surface area contributed by atoms with E-state index in [1.165, 1.54) is 0 Å². The zero-order valence-electron chi connectivity index (χ0n) is 12.6. The molecule has 6 heteroatoms. The summed E-state index contributed by atoms with van der Waals surface area (Å²) in [7, 11) is 0. The maximum absolute atomic E-state index is 12.2. The van der Waals surface area contributed by atoms with Crippen molar-refractivity contribution in [3.63, 3.8) is 0 Å². The Kier molecular flexibility index (Phi) is 5.53. The van der Waals surface area contributed by atoms with Gasteiger partial charge in [-0.05, 0) is 30.5 Å². The summed E-state index contributed by atoms with van der Waals surface area (Å²) in [6, 6.07) is 5.78. The first kappa shape index (κ1) is 16.9. The van der Waals surface area contributed by atoms with Gasteiger partial charge in [0.2, 0.25) is 5.91 Å². The Morgan fingerprint density at radius 1 is 1.14 bits per heavy atom. The van der Waals surface area contributed by atoms with Gasteiger partial charge in [0.05, 0.1) is 18.8 Å². The second kappa shape index (κ2) is 7.20. The van der Waals surface area contributed by atoms with Crippen LogP contribution in [0, 0.1) is 0 Å². The summed E-state index contributed by atoms with van der Waals surface area (Å²) < 4.78 is 11.2. The summed E-state index contributed by atoms with van der Waals surface area (Å²) in [4.78, 5) is 12.2. The fraction of sp³-hybridized carbons (Fsp3) is 0.562. The van der Waals surface area contributed by atoms with Crippen LogP contribution in [0.1, 0.15) is 37.7 Å². The summed E-state index contributed by atoms with van der Waals surface area (Å²) >= 11 is 0. The molecule has 1 saturated carbocycles. The fourth-order valence-corrected chi connectivity index (χ4v) is 2.91. The molecule has 1 amide bonds. The molecule has 5 nitrogen and oxygen atoms in total. The third-order valence-electron chi connectivity index (χ3n) is 4.21. The average molecular weight is 327 g/mol. The van der Waals surface area contributed by atoms with Gasteiger partial charge in [-0.1, -0.05) is 18.9 Å². The van der Waals surface area contributed by atoms with Crippen LogP contribution in [-0.2, 0) is 11.3 Å². The Bertz CT molecular complexity index is 530. The Hall–Kier alpha value is -1.46. The number of nitrogens with one attached hydrogen (secondary N) is 1. The Balaban J connectivity index is 0.00000176. The van der Waals surface area contributed by atoms with Gasteiger partial charge in [0.15, 0.2) is 11.5 Å². The molecule has 0 bridgehead atoms. The maximum atomic E-state index is 12.2. The van der Waals surface area contributed by atoms with Gasteiger partial charge < -0.3 is 20.5 Å². The van der Waals surface area contributed by atoms with Gasteiger partial charge in [0.25, 0.3) is 0 Å².